The van der Waals surface area contributed by atoms with Crippen molar-refractivity contribution in [2.75, 3.05) is 40.8 Å². The summed E-state index contributed by atoms with van der Waals surface area (Å²) in [7, 11) is 6.51. The van der Waals surface area contributed by atoms with Gasteiger partial charge in [0, 0.05) is 49.2 Å². The Kier molecular flexibility index (Phi) is 9.42. The van der Waals surface area contributed by atoms with Gasteiger partial charge in [0.15, 0.2) is 0 Å². The van der Waals surface area contributed by atoms with E-state index < -0.39 is 0 Å². The fourth-order valence-electron chi connectivity index (χ4n) is 3.57. The second-order valence-corrected chi connectivity index (χ2v) is 9.41. The zero-order valence-corrected chi connectivity index (χ0v) is 19.1. The average molecular weight is 381 g/mol. The molecule has 5 heteroatoms. The third kappa shape index (κ3) is 6.14. The molecule has 0 bridgehead atoms. The third-order valence-electron chi connectivity index (χ3n) is 5.72. The Morgan fingerprint density at radius 3 is 2.35 bits per heavy atom. The molecule has 1 aliphatic heterocycles. The number of thioether (sulfide) groups is 1. The summed E-state index contributed by atoms with van der Waals surface area (Å²) in [6.45, 7) is 18.4. The maximum absolute atomic E-state index is 4.39. The van der Waals surface area contributed by atoms with Gasteiger partial charge in [-0.1, -0.05) is 6.58 Å². The molecule has 1 rings (SSSR count). The molecule has 1 unspecified atom stereocenters. The number of hydrogen-bond donors (Lipinski definition) is 0. The summed E-state index contributed by atoms with van der Waals surface area (Å²) in [4.78, 5) is 11.6. The van der Waals surface area contributed by atoms with Crippen molar-refractivity contribution in [2.24, 2.45) is 4.99 Å². The van der Waals surface area contributed by atoms with Crippen molar-refractivity contribution in [1.29, 1.82) is 0 Å². The summed E-state index contributed by atoms with van der Waals surface area (Å²) in [6, 6.07) is 1.09. The number of rotatable bonds is 9. The molecule has 0 aromatic rings. The van der Waals surface area contributed by atoms with Gasteiger partial charge in [-0.3, -0.25) is 9.89 Å². The molecule has 0 radical (unpaired) electrons. The molecular formula is C21H40N4S. The summed E-state index contributed by atoms with van der Waals surface area (Å²) >= 11 is 1.80. The van der Waals surface area contributed by atoms with Crippen LogP contribution in [0.25, 0.3) is 0 Å². The molecule has 1 aliphatic rings. The van der Waals surface area contributed by atoms with E-state index in [1.54, 1.807) is 11.8 Å². The minimum absolute atomic E-state index is 0.00148. The van der Waals surface area contributed by atoms with Gasteiger partial charge >= 0.3 is 0 Å². The second-order valence-electron chi connectivity index (χ2n) is 7.94. The number of likely N-dealkylation sites (N-methyl/N-ethyl adjacent to an activating group) is 1. The van der Waals surface area contributed by atoms with Crippen LogP contribution in [0.1, 0.15) is 47.5 Å². The molecule has 1 atom stereocenters. The van der Waals surface area contributed by atoms with Gasteiger partial charge in [0.2, 0.25) is 0 Å². The summed E-state index contributed by atoms with van der Waals surface area (Å²) in [5.74, 6) is 0. The predicted molar refractivity (Wildman–Crippen MR) is 119 cm³/mol. The summed E-state index contributed by atoms with van der Waals surface area (Å²) in [5.41, 5.74) is 4.77. The lowest BCUT2D eigenvalue weighted by atomic mass is 9.95. The Bertz CT molecular complexity index is 502. The fourth-order valence-corrected chi connectivity index (χ4v) is 4.34. The van der Waals surface area contributed by atoms with Gasteiger partial charge in [0.1, 0.15) is 0 Å². The molecule has 150 valence electrons. The van der Waals surface area contributed by atoms with Crippen molar-refractivity contribution in [2.45, 2.75) is 64.3 Å². The van der Waals surface area contributed by atoms with Crippen molar-refractivity contribution < 1.29 is 0 Å². The van der Waals surface area contributed by atoms with Crippen molar-refractivity contribution in [1.82, 2.24) is 14.7 Å². The van der Waals surface area contributed by atoms with Crippen LogP contribution in [0, 0.1) is 0 Å². The highest BCUT2D eigenvalue weighted by Crippen LogP contribution is 2.35. The van der Waals surface area contributed by atoms with Crippen LogP contribution in [-0.2, 0) is 0 Å². The van der Waals surface area contributed by atoms with E-state index in [1.807, 2.05) is 11.7 Å². The Morgan fingerprint density at radius 2 is 1.88 bits per heavy atom. The lowest BCUT2D eigenvalue weighted by Crippen LogP contribution is -2.48. The maximum Gasteiger partial charge on any atom is 0.0549 e. The molecule has 0 N–H and O–H groups in total. The van der Waals surface area contributed by atoms with Crippen molar-refractivity contribution in [3.05, 3.63) is 24.0 Å². The maximum atomic E-state index is 4.39. The molecule has 1 heterocycles. The number of piperidine rings is 1. The second kappa shape index (κ2) is 10.5. The van der Waals surface area contributed by atoms with Crippen LogP contribution in [0.15, 0.2) is 29.0 Å². The van der Waals surface area contributed by atoms with Crippen molar-refractivity contribution in [3.63, 3.8) is 0 Å². The lowest BCUT2D eigenvalue weighted by molar-refractivity contribution is 0.118. The Labute approximate surface area is 166 Å². The molecule has 26 heavy (non-hydrogen) atoms. The first kappa shape index (κ1) is 23.3. The van der Waals surface area contributed by atoms with E-state index in [9.17, 15) is 0 Å². The van der Waals surface area contributed by atoms with E-state index in [4.69, 9.17) is 0 Å². The van der Waals surface area contributed by atoms with E-state index in [2.05, 4.69) is 82.0 Å². The third-order valence-corrected chi connectivity index (χ3v) is 6.87. The molecule has 0 amide bonds. The van der Waals surface area contributed by atoms with Crippen LogP contribution in [-0.4, -0.2) is 77.9 Å². The van der Waals surface area contributed by atoms with Gasteiger partial charge in [0.05, 0.1) is 5.55 Å². The van der Waals surface area contributed by atoms with Crippen LogP contribution in [0.4, 0.5) is 0 Å². The molecule has 0 aromatic carbocycles. The molecule has 0 spiro atoms. The normalized spacial score (nSPS) is 19.7. The number of likely N-dealkylation sites (tertiary alicyclic amines) is 1. The van der Waals surface area contributed by atoms with Gasteiger partial charge in [-0.15, -0.1) is 11.8 Å². The molecule has 0 aliphatic carbocycles. The van der Waals surface area contributed by atoms with E-state index in [0.29, 0.717) is 12.1 Å². The number of hydrogen-bond acceptors (Lipinski definition) is 5. The fraction of sp³-hybridized carbons (Fsp3) is 0.762. The summed E-state index contributed by atoms with van der Waals surface area (Å²) < 4.78 is 0.00148. The van der Waals surface area contributed by atoms with Crippen LogP contribution >= 0.6 is 11.8 Å². The zero-order chi connectivity index (χ0) is 19.9. The topological polar surface area (TPSA) is 22.1 Å². The Hall–Kier alpha value is -0.780. The smallest absolute Gasteiger partial charge is 0.0549 e. The van der Waals surface area contributed by atoms with Gasteiger partial charge in [-0.05, 0) is 73.3 Å². The van der Waals surface area contributed by atoms with Crippen LogP contribution in [0.2, 0.25) is 0 Å². The van der Waals surface area contributed by atoms with Gasteiger partial charge in [-0.2, -0.15) is 0 Å². The molecule has 4 nitrogen and oxygen atoms in total. The lowest BCUT2D eigenvalue weighted by Gasteiger charge is -2.42. The molecular weight excluding hydrogens is 340 g/mol. The van der Waals surface area contributed by atoms with E-state index in [1.165, 1.54) is 24.1 Å². The molecule has 1 saturated heterocycles. The Morgan fingerprint density at radius 1 is 1.31 bits per heavy atom. The number of nitrogens with zero attached hydrogens (tertiary/aromatic N) is 4. The molecule has 0 saturated carbocycles. The summed E-state index contributed by atoms with van der Waals surface area (Å²) in [5, 5.41) is 0. The average Bonchev–Trinajstić information content (AvgIpc) is 2.61. The van der Waals surface area contributed by atoms with Crippen LogP contribution in [0.3, 0.4) is 0 Å². The van der Waals surface area contributed by atoms with Gasteiger partial charge < -0.3 is 9.80 Å². The molecule has 1 fully saturated rings. The SMILES string of the molecule is C=CN(C)/C(=C(/C)C(C)(C)SC=NCC)C(C)N1CCC(N(C)C)CC1. The van der Waals surface area contributed by atoms with Gasteiger partial charge in [0.25, 0.3) is 0 Å². The quantitative estimate of drug-likeness (QED) is 0.439. The Balaban J connectivity index is 3.05. The number of aliphatic imine (C=N–C) groups is 1. The highest BCUT2D eigenvalue weighted by atomic mass is 32.2. The first-order chi connectivity index (χ1) is 12.2. The van der Waals surface area contributed by atoms with E-state index in [-0.39, 0.29) is 4.75 Å². The van der Waals surface area contributed by atoms with E-state index in [0.717, 1.165) is 19.6 Å². The van der Waals surface area contributed by atoms with Crippen molar-refractivity contribution >= 4 is 17.3 Å². The zero-order valence-electron chi connectivity index (χ0n) is 18.2. The summed E-state index contributed by atoms with van der Waals surface area (Å²) in [6.07, 6.45) is 4.41. The standard InChI is InChI=1S/C21H40N4S/c1-10-22-16-26-21(5,6)17(3)20(24(9)11-2)18(4)25-14-12-19(13-15-25)23(7)8/h11,16,18-19H,2,10,12-15H2,1,3-9H3/b20-17-,22-16?. The minimum Gasteiger partial charge on any atom is -0.354 e. The van der Waals surface area contributed by atoms with Crippen LogP contribution in [0.5, 0.6) is 0 Å². The van der Waals surface area contributed by atoms with Gasteiger partial charge in [-0.25, -0.2) is 0 Å². The predicted octanol–water partition coefficient (Wildman–Crippen LogP) is 4.31. The monoisotopic (exact) mass is 380 g/mol. The highest BCUT2D eigenvalue weighted by Gasteiger charge is 2.31. The largest absolute Gasteiger partial charge is 0.354 e. The van der Waals surface area contributed by atoms with Crippen LogP contribution < -0.4 is 0 Å². The molecule has 0 aromatic heterocycles. The van der Waals surface area contributed by atoms with Crippen molar-refractivity contribution in [3.8, 4) is 0 Å². The minimum atomic E-state index is 0.00148. The first-order valence-electron chi connectivity index (χ1n) is 9.78. The van der Waals surface area contributed by atoms with E-state index >= 15 is 0 Å². The highest BCUT2D eigenvalue weighted by molar-refractivity contribution is 8.13. The first-order valence-corrected chi connectivity index (χ1v) is 10.7.